The maximum atomic E-state index is 12.6. The minimum Gasteiger partial charge on any atom is -0.354 e. The molecule has 1 fully saturated rings. The number of amides is 2. The average molecular weight is 332 g/mol. The summed E-state index contributed by atoms with van der Waals surface area (Å²) in [6.07, 6.45) is 10.8. The molecule has 0 spiro atoms. The van der Waals surface area contributed by atoms with Crippen LogP contribution in [0.15, 0.2) is 10.2 Å². The Morgan fingerprint density at radius 2 is 1.88 bits per heavy atom. The first-order chi connectivity index (χ1) is 11.4. The van der Waals surface area contributed by atoms with E-state index in [1.807, 2.05) is 0 Å². The molecule has 24 heavy (non-hydrogen) atoms. The van der Waals surface area contributed by atoms with Crippen LogP contribution >= 0.6 is 0 Å². The van der Waals surface area contributed by atoms with Gasteiger partial charge in [0.1, 0.15) is 5.54 Å². The number of hydrogen-bond donors (Lipinski definition) is 2. The van der Waals surface area contributed by atoms with Crippen molar-refractivity contribution in [1.29, 1.82) is 0 Å². The lowest BCUT2D eigenvalue weighted by Crippen LogP contribution is -2.57. The summed E-state index contributed by atoms with van der Waals surface area (Å²) in [7, 11) is 0. The molecule has 1 saturated carbocycles. The molecule has 2 rings (SSSR count). The van der Waals surface area contributed by atoms with Gasteiger partial charge in [0.05, 0.1) is 0 Å². The highest BCUT2D eigenvalue weighted by molar-refractivity contribution is 5.91. The largest absolute Gasteiger partial charge is 0.354 e. The Kier molecular flexibility index (Phi) is 5.98. The highest BCUT2D eigenvalue weighted by atomic mass is 16.2. The minimum atomic E-state index is -0.740. The van der Waals surface area contributed by atoms with Crippen molar-refractivity contribution in [3.63, 3.8) is 0 Å². The third-order valence-electron chi connectivity index (χ3n) is 4.75. The smallest absolute Gasteiger partial charge is 0.245 e. The van der Waals surface area contributed by atoms with E-state index in [1.165, 1.54) is 0 Å². The summed E-state index contributed by atoms with van der Waals surface area (Å²) >= 11 is 0. The Morgan fingerprint density at radius 1 is 1.21 bits per heavy atom. The van der Waals surface area contributed by atoms with Crippen LogP contribution in [0.3, 0.4) is 0 Å². The van der Waals surface area contributed by atoms with E-state index < -0.39 is 11.2 Å². The third-order valence-corrected chi connectivity index (χ3v) is 4.75. The van der Waals surface area contributed by atoms with Crippen LogP contribution in [0.1, 0.15) is 65.2 Å². The number of carbonyl (C=O) groups excluding carboxylic acids is 2. The van der Waals surface area contributed by atoms with Crippen LogP contribution in [-0.4, -0.2) is 29.6 Å². The summed E-state index contributed by atoms with van der Waals surface area (Å²) in [5.41, 5.74) is -1.19. The maximum absolute atomic E-state index is 12.6. The first-order valence-electron chi connectivity index (χ1n) is 8.88. The molecule has 6 nitrogen and oxygen atoms in total. The number of rotatable bonds is 9. The second-order valence-corrected chi connectivity index (χ2v) is 7.33. The molecular weight excluding hydrogens is 304 g/mol. The number of terminal acetylenes is 1. The van der Waals surface area contributed by atoms with E-state index in [1.54, 1.807) is 0 Å². The lowest BCUT2D eigenvalue weighted by molar-refractivity contribution is -0.133. The number of hydrogen-bond acceptors (Lipinski definition) is 4. The normalized spacial score (nSPS) is 19.8. The standard InChI is InChI=1S/C18H28N4O2/c1-4-5-11-18(21-22-18)12-8-15(23)20-17(9-6-7-10-17)16(24)19-13-14(2)3/h1,14H,5-13H2,2-3H3,(H,19,24)(H,20,23). The summed E-state index contributed by atoms with van der Waals surface area (Å²) in [4.78, 5) is 25.0. The van der Waals surface area contributed by atoms with Crippen molar-refractivity contribution in [1.82, 2.24) is 10.6 Å². The van der Waals surface area contributed by atoms with Crippen molar-refractivity contribution in [2.75, 3.05) is 6.54 Å². The predicted molar refractivity (Wildman–Crippen MR) is 92.1 cm³/mol. The van der Waals surface area contributed by atoms with Crippen molar-refractivity contribution in [3.05, 3.63) is 0 Å². The van der Waals surface area contributed by atoms with Gasteiger partial charge in [-0.05, 0) is 18.8 Å². The van der Waals surface area contributed by atoms with Crippen LogP contribution in [0.2, 0.25) is 0 Å². The first kappa shape index (κ1) is 18.4. The van der Waals surface area contributed by atoms with Gasteiger partial charge in [-0.2, -0.15) is 10.2 Å². The van der Waals surface area contributed by atoms with Gasteiger partial charge < -0.3 is 10.6 Å². The topological polar surface area (TPSA) is 82.9 Å². The SMILES string of the molecule is C#CCCC1(CCC(=O)NC2(C(=O)NCC(C)C)CCCC2)N=N1. The monoisotopic (exact) mass is 332 g/mol. The van der Waals surface area contributed by atoms with Gasteiger partial charge >= 0.3 is 0 Å². The highest BCUT2D eigenvalue weighted by Gasteiger charge is 2.43. The lowest BCUT2D eigenvalue weighted by atomic mass is 9.94. The van der Waals surface area contributed by atoms with Gasteiger partial charge in [-0.1, -0.05) is 26.7 Å². The second kappa shape index (κ2) is 7.78. The van der Waals surface area contributed by atoms with E-state index in [0.717, 1.165) is 12.8 Å². The Morgan fingerprint density at radius 3 is 2.42 bits per heavy atom. The van der Waals surface area contributed by atoms with Gasteiger partial charge in [-0.3, -0.25) is 9.59 Å². The molecule has 2 aliphatic rings. The Labute approximate surface area is 144 Å². The van der Waals surface area contributed by atoms with Crippen LogP contribution in [0.4, 0.5) is 0 Å². The molecule has 0 atom stereocenters. The molecule has 0 saturated heterocycles. The average Bonchev–Trinajstić information content (AvgIpc) is 3.17. The van der Waals surface area contributed by atoms with E-state index in [-0.39, 0.29) is 11.8 Å². The molecule has 2 N–H and O–H groups in total. The van der Waals surface area contributed by atoms with E-state index in [4.69, 9.17) is 6.42 Å². The Bertz CT molecular complexity index is 536. The van der Waals surface area contributed by atoms with Gasteiger partial charge in [0, 0.05) is 32.2 Å². The van der Waals surface area contributed by atoms with Crippen molar-refractivity contribution in [2.24, 2.45) is 16.1 Å². The van der Waals surface area contributed by atoms with Crippen molar-refractivity contribution in [2.45, 2.75) is 76.4 Å². The van der Waals surface area contributed by atoms with E-state index in [2.05, 4.69) is 40.6 Å². The Balaban J connectivity index is 1.85. The number of nitrogens with zero attached hydrogens (tertiary/aromatic N) is 2. The van der Waals surface area contributed by atoms with Crippen LogP contribution in [0.25, 0.3) is 0 Å². The van der Waals surface area contributed by atoms with Gasteiger partial charge in [-0.25, -0.2) is 0 Å². The molecule has 0 bridgehead atoms. The van der Waals surface area contributed by atoms with Crippen molar-refractivity contribution < 1.29 is 9.59 Å². The molecule has 6 heteroatoms. The van der Waals surface area contributed by atoms with Crippen LogP contribution < -0.4 is 10.6 Å². The van der Waals surface area contributed by atoms with Crippen molar-refractivity contribution in [3.8, 4) is 12.3 Å². The molecule has 1 heterocycles. The fourth-order valence-corrected chi connectivity index (χ4v) is 3.16. The van der Waals surface area contributed by atoms with Gasteiger partial charge in [-0.15, -0.1) is 12.3 Å². The maximum Gasteiger partial charge on any atom is 0.245 e. The minimum absolute atomic E-state index is 0.0510. The molecule has 1 aliphatic heterocycles. The molecule has 0 aromatic heterocycles. The zero-order valence-electron chi connectivity index (χ0n) is 14.7. The molecule has 0 aromatic rings. The van der Waals surface area contributed by atoms with E-state index in [0.29, 0.717) is 51.0 Å². The summed E-state index contributed by atoms with van der Waals surface area (Å²) in [6.45, 7) is 4.74. The molecule has 0 aromatic carbocycles. The first-order valence-corrected chi connectivity index (χ1v) is 8.88. The molecule has 2 amide bonds. The molecule has 0 unspecified atom stereocenters. The van der Waals surface area contributed by atoms with Crippen molar-refractivity contribution >= 4 is 11.8 Å². The van der Waals surface area contributed by atoms with Gasteiger partial charge in [0.25, 0.3) is 0 Å². The zero-order chi connectivity index (χ0) is 17.6. The zero-order valence-corrected chi connectivity index (χ0v) is 14.7. The molecule has 132 valence electrons. The molecule has 0 radical (unpaired) electrons. The molecular formula is C18H28N4O2. The summed E-state index contributed by atoms with van der Waals surface area (Å²) in [6, 6.07) is 0. The van der Waals surface area contributed by atoms with Crippen LogP contribution in [-0.2, 0) is 9.59 Å². The number of carbonyl (C=O) groups is 2. The lowest BCUT2D eigenvalue weighted by Gasteiger charge is -2.29. The summed E-state index contributed by atoms with van der Waals surface area (Å²) < 4.78 is 0. The third kappa shape index (κ3) is 4.80. The van der Waals surface area contributed by atoms with E-state index >= 15 is 0 Å². The Hall–Kier alpha value is -1.90. The number of nitrogens with one attached hydrogen (secondary N) is 2. The fourth-order valence-electron chi connectivity index (χ4n) is 3.16. The highest BCUT2D eigenvalue weighted by Crippen LogP contribution is 2.38. The summed E-state index contributed by atoms with van der Waals surface area (Å²) in [5.74, 6) is 2.81. The van der Waals surface area contributed by atoms with Crippen LogP contribution in [0.5, 0.6) is 0 Å². The fraction of sp³-hybridized carbons (Fsp3) is 0.778. The second-order valence-electron chi connectivity index (χ2n) is 7.33. The summed E-state index contributed by atoms with van der Waals surface area (Å²) in [5, 5.41) is 14.1. The predicted octanol–water partition coefficient (Wildman–Crippen LogP) is 2.54. The van der Waals surface area contributed by atoms with Crippen LogP contribution in [0, 0.1) is 18.3 Å². The van der Waals surface area contributed by atoms with E-state index in [9.17, 15) is 9.59 Å². The quantitative estimate of drug-likeness (QED) is 0.636. The van der Waals surface area contributed by atoms with Gasteiger partial charge in [0.15, 0.2) is 5.66 Å². The molecule has 1 aliphatic carbocycles. The van der Waals surface area contributed by atoms with Gasteiger partial charge in [0.2, 0.25) is 11.8 Å².